The Kier molecular flexibility index (Phi) is 2.07. The third kappa shape index (κ3) is 1.42. The van der Waals surface area contributed by atoms with Crippen LogP contribution in [0.2, 0.25) is 0 Å². The normalized spacial score (nSPS) is 19.8. The van der Waals surface area contributed by atoms with E-state index in [-0.39, 0.29) is 11.2 Å². The molecule has 0 N–H and O–H groups in total. The second-order valence-corrected chi connectivity index (χ2v) is 4.07. The average Bonchev–Trinajstić information content (AvgIpc) is 2.99. The Labute approximate surface area is 84.1 Å². The van der Waals surface area contributed by atoms with Crippen molar-refractivity contribution in [3.05, 3.63) is 35.6 Å². The minimum Gasteiger partial charge on any atom is -0.207 e. The molecule has 1 fully saturated rings. The summed E-state index contributed by atoms with van der Waals surface area (Å²) in [5.41, 5.74) is 1.19. The van der Waals surface area contributed by atoms with Crippen molar-refractivity contribution in [2.75, 3.05) is 0 Å². The Hall–Kier alpha value is -1.29. The molecule has 1 saturated carbocycles. The summed E-state index contributed by atoms with van der Waals surface area (Å²) in [5, 5.41) is 0. The number of hydrogen-bond acceptors (Lipinski definition) is 0. The van der Waals surface area contributed by atoms with Gasteiger partial charge in [-0.25, -0.2) is 4.39 Å². The highest BCUT2D eigenvalue weighted by Gasteiger charge is 2.46. The molecule has 0 aromatic heterocycles. The van der Waals surface area contributed by atoms with Crippen LogP contribution in [-0.2, 0) is 0 Å². The van der Waals surface area contributed by atoms with Crippen LogP contribution in [0, 0.1) is 23.6 Å². The van der Waals surface area contributed by atoms with E-state index in [1.807, 2.05) is 12.1 Å². The van der Waals surface area contributed by atoms with E-state index >= 15 is 0 Å². The van der Waals surface area contributed by atoms with Crippen molar-refractivity contribution in [1.82, 2.24) is 0 Å². The average molecular weight is 188 g/mol. The van der Waals surface area contributed by atoms with Crippen LogP contribution in [0.3, 0.4) is 0 Å². The fraction of sp³-hybridized carbons (Fsp3) is 0.385. The van der Waals surface area contributed by atoms with E-state index in [2.05, 4.69) is 12.8 Å². The molecule has 1 aliphatic rings. The molecule has 1 unspecified atom stereocenters. The van der Waals surface area contributed by atoms with Crippen LogP contribution in [0.1, 0.15) is 31.2 Å². The molecule has 0 aliphatic heterocycles. The summed E-state index contributed by atoms with van der Waals surface area (Å²) in [7, 11) is 0. The summed E-state index contributed by atoms with van der Waals surface area (Å²) in [5.74, 6) is 3.02. The van der Waals surface area contributed by atoms with Crippen molar-refractivity contribution in [2.45, 2.75) is 25.7 Å². The molecule has 1 heteroatoms. The van der Waals surface area contributed by atoms with Crippen LogP contribution in [0.25, 0.3) is 0 Å². The number of benzene rings is 1. The van der Waals surface area contributed by atoms with Crippen molar-refractivity contribution in [3.8, 4) is 12.3 Å². The molecular formula is C13H13F. The maximum atomic E-state index is 12.7. The highest BCUT2D eigenvalue weighted by molar-refractivity contribution is 5.30. The molecule has 2 rings (SSSR count). The highest BCUT2D eigenvalue weighted by Crippen LogP contribution is 2.55. The highest BCUT2D eigenvalue weighted by atomic mass is 19.1. The first-order valence-corrected chi connectivity index (χ1v) is 4.91. The quantitative estimate of drug-likeness (QED) is 0.624. The van der Waals surface area contributed by atoms with Crippen LogP contribution in [-0.4, -0.2) is 0 Å². The summed E-state index contributed by atoms with van der Waals surface area (Å²) >= 11 is 0. The molecule has 0 nitrogen and oxygen atoms in total. The van der Waals surface area contributed by atoms with E-state index in [9.17, 15) is 4.39 Å². The largest absolute Gasteiger partial charge is 0.207 e. The summed E-state index contributed by atoms with van der Waals surface area (Å²) in [6.07, 6.45) is 7.71. The summed E-state index contributed by atoms with van der Waals surface area (Å²) in [4.78, 5) is 0. The van der Waals surface area contributed by atoms with Gasteiger partial charge in [-0.1, -0.05) is 25.0 Å². The Balaban J connectivity index is 2.24. The number of rotatable bonds is 2. The minimum atomic E-state index is -0.188. The van der Waals surface area contributed by atoms with Gasteiger partial charge in [0.2, 0.25) is 0 Å². The van der Waals surface area contributed by atoms with E-state index in [1.54, 1.807) is 0 Å². The van der Waals surface area contributed by atoms with Gasteiger partial charge in [0.05, 0.1) is 0 Å². The molecule has 0 radical (unpaired) electrons. The Morgan fingerprint density at radius 2 is 1.93 bits per heavy atom. The van der Waals surface area contributed by atoms with E-state index in [0.29, 0.717) is 5.92 Å². The zero-order valence-corrected chi connectivity index (χ0v) is 8.26. The number of terminal acetylenes is 1. The summed E-state index contributed by atoms with van der Waals surface area (Å²) in [6.45, 7) is 2.13. The lowest BCUT2D eigenvalue weighted by Gasteiger charge is -2.18. The molecule has 1 aromatic rings. The van der Waals surface area contributed by atoms with Crippen molar-refractivity contribution < 1.29 is 4.39 Å². The van der Waals surface area contributed by atoms with Gasteiger partial charge in [-0.05, 0) is 36.5 Å². The summed E-state index contributed by atoms with van der Waals surface area (Å²) in [6, 6.07) is 6.66. The van der Waals surface area contributed by atoms with Gasteiger partial charge in [-0.3, -0.25) is 0 Å². The zero-order chi connectivity index (χ0) is 10.2. The van der Waals surface area contributed by atoms with Crippen LogP contribution >= 0.6 is 0 Å². The van der Waals surface area contributed by atoms with E-state index in [1.165, 1.54) is 12.1 Å². The predicted octanol–water partition coefficient (Wildman–Crippen LogP) is 3.34. The van der Waals surface area contributed by atoms with Crippen LogP contribution in [0.15, 0.2) is 24.3 Å². The first-order chi connectivity index (χ1) is 6.68. The standard InChI is InChI=1S/C13H13F/c1-3-13(8-9-13)10(2)11-4-6-12(14)7-5-11/h1,4-7,10H,8-9H2,2H3. The lowest BCUT2D eigenvalue weighted by atomic mass is 9.85. The first-order valence-electron chi connectivity index (χ1n) is 4.91. The topological polar surface area (TPSA) is 0 Å². The van der Waals surface area contributed by atoms with Gasteiger partial charge in [-0.2, -0.15) is 0 Å². The summed E-state index contributed by atoms with van der Waals surface area (Å²) < 4.78 is 12.7. The van der Waals surface area contributed by atoms with Crippen molar-refractivity contribution in [3.63, 3.8) is 0 Å². The molecule has 0 spiro atoms. The smallest absolute Gasteiger partial charge is 0.123 e. The van der Waals surface area contributed by atoms with Gasteiger partial charge in [0.15, 0.2) is 0 Å². The van der Waals surface area contributed by atoms with E-state index in [0.717, 1.165) is 18.4 Å². The first kappa shape index (κ1) is 9.27. The molecule has 0 amide bonds. The molecule has 1 atom stereocenters. The molecule has 0 bridgehead atoms. The monoisotopic (exact) mass is 188 g/mol. The second kappa shape index (κ2) is 3.13. The molecule has 0 heterocycles. The fourth-order valence-electron chi connectivity index (χ4n) is 1.91. The third-order valence-corrected chi connectivity index (χ3v) is 3.28. The molecule has 0 saturated heterocycles. The lowest BCUT2D eigenvalue weighted by Crippen LogP contribution is -2.08. The Morgan fingerprint density at radius 1 is 1.36 bits per heavy atom. The van der Waals surface area contributed by atoms with Gasteiger partial charge in [0.1, 0.15) is 5.82 Å². The van der Waals surface area contributed by atoms with E-state index < -0.39 is 0 Å². The maximum Gasteiger partial charge on any atom is 0.123 e. The van der Waals surface area contributed by atoms with Gasteiger partial charge in [0, 0.05) is 5.41 Å². The maximum absolute atomic E-state index is 12.7. The molecule has 14 heavy (non-hydrogen) atoms. The number of halogens is 1. The minimum absolute atomic E-state index is 0.0534. The molecule has 1 aromatic carbocycles. The SMILES string of the molecule is C#CC1(C(C)c2ccc(F)cc2)CC1. The molecule has 72 valence electrons. The Bertz CT molecular complexity index is 365. The van der Waals surface area contributed by atoms with Gasteiger partial charge in [0.25, 0.3) is 0 Å². The van der Waals surface area contributed by atoms with Crippen LogP contribution in [0.4, 0.5) is 4.39 Å². The van der Waals surface area contributed by atoms with Crippen molar-refractivity contribution >= 4 is 0 Å². The Morgan fingerprint density at radius 3 is 2.36 bits per heavy atom. The van der Waals surface area contributed by atoms with Crippen LogP contribution in [0.5, 0.6) is 0 Å². The van der Waals surface area contributed by atoms with E-state index in [4.69, 9.17) is 6.42 Å². The van der Waals surface area contributed by atoms with Crippen molar-refractivity contribution in [2.24, 2.45) is 5.41 Å². The zero-order valence-electron chi connectivity index (χ0n) is 8.26. The van der Waals surface area contributed by atoms with Crippen molar-refractivity contribution in [1.29, 1.82) is 0 Å². The lowest BCUT2D eigenvalue weighted by molar-refractivity contribution is 0.546. The van der Waals surface area contributed by atoms with Gasteiger partial charge >= 0.3 is 0 Å². The van der Waals surface area contributed by atoms with Crippen LogP contribution < -0.4 is 0 Å². The van der Waals surface area contributed by atoms with Gasteiger partial charge in [-0.15, -0.1) is 6.42 Å². The predicted molar refractivity (Wildman–Crippen MR) is 55.3 cm³/mol. The molecule has 1 aliphatic carbocycles. The fourth-order valence-corrected chi connectivity index (χ4v) is 1.91. The third-order valence-electron chi connectivity index (χ3n) is 3.28. The number of hydrogen-bond donors (Lipinski definition) is 0. The van der Waals surface area contributed by atoms with Gasteiger partial charge < -0.3 is 0 Å². The second-order valence-electron chi connectivity index (χ2n) is 4.07. The molecular weight excluding hydrogens is 175 g/mol.